The molecule has 1 saturated carbocycles. The van der Waals surface area contributed by atoms with E-state index in [1.807, 2.05) is 19.1 Å². The van der Waals surface area contributed by atoms with Gasteiger partial charge in [0.05, 0.1) is 5.92 Å². The summed E-state index contributed by atoms with van der Waals surface area (Å²) in [5.74, 6) is -1.39. The Morgan fingerprint density at radius 2 is 1.75 bits per heavy atom. The molecule has 130 valence electrons. The van der Waals surface area contributed by atoms with Crippen LogP contribution in [0.25, 0.3) is 0 Å². The molecule has 0 radical (unpaired) electrons. The summed E-state index contributed by atoms with van der Waals surface area (Å²) in [7, 11) is 0. The van der Waals surface area contributed by atoms with Crippen LogP contribution in [0.3, 0.4) is 0 Å². The zero-order valence-corrected chi connectivity index (χ0v) is 14.1. The first kappa shape index (κ1) is 18.2. The number of carbonyl (C=O) groups excluding carboxylic acids is 2. The van der Waals surface area contributed by atoms with E-state index in [9.17, 15) is 19.5 Å². The van der Waals surface area contributed by atoms with Crippen molar-refractivity contribution in [3.8, 4) is 0 Å². The Hall–Kier alpha value is -2.17. The lowest BCUT2D eigenvalue weighted by Crippen LogP contribution is -2.37. The first-order chi connectivity index (χ1) is 11.5. The standard InChI is InChI=1S/C19H25NO4/c1-13-6-8-14(9-7-13)17(21)10-11-18(22)20-12-15-4-2-3-5-16(15)19(23)24/h6-9,15-16H,2-5,10-12H2,1H3,(H,20,22)(H,23,24)/t15-,16-/m0/s1. The van der Waals surface area contributed by atoms with Gasteiger partial charge < -0.3 is 10.4 Å². The summed E-state index contributed by atoms with van der Waals surface area (Å²) in [6.45, 7) is 2.34. The number of nitrogens with one attached hydrogen (secondary N) is 1. The molecule has 0 heterocycles. The molecule has 1 aliphatic rings. The van der Waals surface area contributed by atoms with Crippen molar-refractivity contribution in [2.75, 3.05) is 6.54 Å². The van der Waals surface area contributed by atoms with E-state index in [-0.39, 0.29) is 36.4 Å². The van der Waals surface area contributed by atoms with Crippen LogP contribution in [0.15, 0.2) is 24.3 Å². The normalized spacial score (nSPS) is 20.4. The highest BCUT2D eigenvalue weighted by atomic mass is 16.4. The maximum Gasteiger partial charge on any atom is 0.306 e. The number of amides is 1. The van der Waals surface area contributed by atoms with Crippen LogP contribution in [-0.2, 0) is 9.59 Å². The van der Waals surface area contributed by atoms with Gasteiger partial charge in [-0.2, -0.15) is 0 Å². The number of ketones is 1. The third-order valence-corrected chi connectivity index (χ3v) is 4.74. The first-order valence-electron chi connectivity index (χ1n) is 8.56. The van der Waals surface area contributed by atoms with E-state index in [0.29, 0.717) is 18.5 Å². The third kappa shape index (κ3) is 5.18. The Morgan fingerprint density at radius 3 is 2.42 bits per heavy atom. The van der Waals surface area contributed by atoms with E-state index >= 15 is 0 Å². The second kappa shape index (κ2) is 8.62. The van der Waals surface area contributed by atoms with Crippen molar-refractivity contribution >= 4 is 17.7 Å². The van der Waals surface area contributed by atoms with Gasteiger partial charge in [0.15, 0.2) is 5.78 Å². The zero-order valence-electron chi connectivity index (χ0n) is 14.1. The fraction of sp³-hybridized carbons (Fsp3) is 0.526. The summed E-state index contributed by atoms with van der Waals surface area (Å²) in [5, 5.41) is 12.0. The van der Waals surface area contributed by atoms with Crippen LogP contribution >= 0.6 is 0 Å². The van der Waals surface area contributed by atoms with Crippen molar-refractivity contribution in [1.29, 1.82) is 0 Å². The summed E-state index contributed by atoms with van der Waals surface area (Å²) in [5.41, 5.74) is 1.70. The lowest BCUT2D eigenvalue weighted by molar-refractivity contribution is -0.145. The van der Waals surface area contributed by atoms with E-state index in [1.165, 1.54) is 0 Å². The van der Waals surface area contributed by atoms with Gasteiger partial charge >= 0.3 is 5.97 Å². The molecular weight excluding hydrogens is 306 g/mol. The molecule has 0 bridgehead atoms. The zero-order chi connectivity index (χ0) is 17.5. The van der Waals surface area contributed by atoms with E-state index in [4.69, 9.17) is 0 Å². The summed E-state index contributed by atoms with van der Waals surface area (Å²) < 4.78 is 0. The number of hydrogen-bond acceptors (Lipinski definition) is 3. The van der Waals surface area contributed by atoms with Crippen LogP contribution < -0.4 is 5.32 Å². The molecule has 1 fully saturated rings. The number of aryl methyl sites for hydroxylation is 1. The summed E-state index contributed by atoms with van der Waals surface area (Å²) in [4.78, 5) is 35.2. The monoisotopic (exact) mass is 331 g/mol. The molecule has 0 unspecified atom stereocenters. The minimum Gasteiger partial charge on any atom is -0.481 e. The Kier molecular flexibility index (Phi) is 6.53. The van der Waals surface area contributed by atoms with Crippen molar-refractivity contribution in [3.63, 3.8) is 0 Å². The quantitative estimate of drug-likeness (QED) is 0.752. The number of rotatable bonds is 7. The second-order valence-corrected chi connectivity index (χ2v) is 6.58. The molecular formula is C19H25NO4. The molecule has 2 atom stereocenters. The Morgan fingerprint density at radius 1 is 1.08 bits per heavy atom. The number of carboxylic acids is 1. The third-order valence-electron chi connectivity index (χ3n) is 4.74. The van der Waals surface area contributed by atoms with Crippen molar-refractivity contribution in [2.45, 2.75) is 45.4 Å². The van der Waals surface area contributed by atoms with Crippen LogP contribution in [-0.4, -0.2) is 29.3 Å². The lowest BCUT2D eigenvalue weighted by Gasteiger charge is -2.28. The molecule has 0 aliphatic heterocycles. The molecule has 1 aromatic carbocycles. The largest absolute Gasteiger partial charge is 0.481 e. The van der Waals surface area contributed by atoms with Gasteiger partial charge in [0.2, 0.25) is 5.91 Å². The van der Waals surface area contributed by atoms with Gasteiger partial charge in [0.1, 0.15) is 0 Å². The molecule has 1 amide bonds. The van der Waals surface area contributed by atoms with E-state index in [2.05, 4.69) is 5.32 Å². The second-order valence-electron chi connectivity index (χ2n) is 6.58. The van der Waals surface area contributed by atoms with E-state index in [1.54, 1.807) is 12.1 Å². The first-order valence-corrected chi connectivity index (χ1v) is 8.56. The van der Waals surface area contributed by atoms with Crippen LogP contribution in [0.1, 0.15) is 54.4 Å². The van der Waals surface area contributed by atoms with Gasteiger partial charge in [0, 0.05) is 24.9 Å². The van der Waals surface area contributed by atoms with Gasteiger partial charge in [-0.25, -0.2) is 0 Å². The smallest absolute Gasteiger partial charge is 0.306 e. The molecule has 0 saturated heterocycles. The number of Topliss-reactive ketones (excluding diaryl/α,β-unsaturated/α-hetero) is 1. The number of aliphatic carboxylic acids is 1. The summed E-state index contributed by atoms with van der Waals surface area (Å²) >= 11 is 0. The van der Waals surface area contributed by atoms with E-state index < -0.39 is 5.97 Å². The lowest BCUT2D eigenvalue weighted by atomic mass is 9.79. The van der Waals surface area contributed by atoms with Crippen LogP contribution in [0, 0.1) is 18.8 Å². The molecule has 24 heavy (non-hydrogen) atoms. The maximum atomic E-state index is 12.1. The highest BCUT2D eigenvalue weighted by molar-refractivity contribution is 5.97. The van der Waals surface area contributed by atoms with Crippen LogP contribution in [0.5, 0.6) is 0 Å². The molecule has 1 aliphatic carbocycles. The predicted molar refractivity (Wildman–Crippen MR) is 90.8 cm³/mol. The Bertz CT molecular complexity index is 594. The summed E-state index contributed by atoms with van der Waals surface area (Å²) in [6.07, 6.45) is 3.77. The van der Waals surface area contributed by atoms with Crippen LogP contribution in [0.4, 0.5) is 0 Å². The van der Waals surface area contributed by atoms with Crippen LogP contribution in [0.2, 0.25) is 0 Å². The van der Waals surface area contributed by atoms with Gasteiger partial charge in [-0.05, 0) is 25.7 Å². The average molecular weight is 331 g/mol. The van der Waals surface area contributed by atoms with Gasteiger partial charge in [0.25, 0.3) is 0 Å². The maximum absolute atomic E-state index is 12.1. The summed E-state index contributed by atoms with van der Waals surface area (Å²) in [6, 6.07) is 7.30. The highest BCUT2D eigenvalue weighted by Gasteiger charge is 2.30. The van der Waals surface area contributed by atoms with Crippen molar-refractivity contribution in [2.24, 2.45) is 11.8 Å². The molecule has 5 nitrogen and oxygen atoms in total. The average Bonchev–Trinajstić information content (AvgIpc) is 2.58. The van der Waals surface area contributed by atoms with Crippen molar-refractivity contribution < 1.29 is 19.5 Å². The molecule has 0 aromatic heterocycles. The van der Waals surface area contributed by atoms with Gasteiger partial charge in [-0.3, -0.25) is 14.4 Å². The SMILES string of the molecule is Cc1ccc(C(=O)CCC(=O)NC[C@@H]2CCCC[C@@H]2C(=O)O)cc1. The minimum atomic E-state index is -0.775. The predicted octanol–water partition coefficient (Wildman–Crippen LogP) is 2.97. The van der Waals surface area contributed by atoms with Crippen molar-refractivity contribution in [1.82, 2.24) is 5.32 Å². The molecule has 0 spiro atoms. The highest BCUT2D eigenvalue weighted by Crippen LogP contribution is 2.29. The Balaban J connectivity index is 1.75. The Labute approximate surface area is 142 Å². The number of hydrogen-bond donors (Lipinski definition) is 2. The number of carboxylic acid groups (broad SMARTS) is 1. The molecule has 2 N–H and O–H groups in total. The number of carbonyl (C=O) groups is 3. The molecule has 5 heteroatoms. The van der Waals surface area contributed by atoms with Gasteiger partial charge in [-0.1, -0.05) is 42.7 Å². The fourth-order valence-electron chi connectivity index (χ4n) is 3.22. The fourth-order valence-corrected chi connectivity index (χ4v) is 3.22. The van der Waals surface area contributed by atoms with Gasteiger partial charge in [-0.15, -0.1) is 0 Å². The minimum absolute atomic E-state index is 0.00648. The van der Waals surface area contributed by atoms with E-state index in [0.717, 1.165) is 24.8 Å². The molecule has 1 aromatic rings. The topological polar surface area (TPSA) is 83.5 Å². The van der Waals surface area contributed by atoms with Crippen molar-refractivity contribution in [3.05, 3.63) is 35.4 Å². The number of benzene rings is 1. The molecule has 2 rings (SSSR count).